The van der Waals surface area contributed by atoms with Gasteiger partial charge in [-0.3, -0.25) is 0 Å². The van der Waals surface area contributed by atoms with Gasteiger partial charge in [0.1, 0.15) is 0 Å². The molecule has 0 aliphatic carbocycles. The summed E-state index contributed by atoms with van der Waals surface area (Å²) in [6, 6.07) is 0. The molecule has 16 heavy (non-hydrogen) atoms. The quantitative estimate of drug-likeness (QED) is 0.222. The van der Waals surface area contributed by atoms with Crippen LogP contribution in [0.2, 0.25) is 0 Å². The van der Waals surface area contributed by atoms with Crippen molar-refractivity contribution in [1.29, 1.82) is 0 Å². The normalized spacial score (nSPS) is 33.6. The molecular weight excluding hydrogens is 247 g/mol. The monoisotopic (exact) mass is 260 g/mol. The van der Waals surface area contributed by atoms with E-state index in [2.05, 4.69) is 9.26 Å². The van der Waals surface area contributed by atoms with Gasteiger partial charge in [0.15, 0.2) is 0 Å². The number of rotatable bonds is 4. The van der Waals surface area contributed by atoms with E-state index in [0.29, 0.717) is 0 Å². The van der Waals surface area contributed by atoms with Crippen LogP contribution in [0.1, 0.15) is 0 Å². The van der Waals surface area contributed by atoms with Crippen LogP contribution in [-0.4, -0.2) is 67.0 Å². The van der Waals surface area contributed by atoms with Crippen LogP contribution < -0.4 is 0 Å². The van der Waals surface area contributed by atoms with E-state index in [-0.39, 0.29) is 0 Å². The van der Waals surface area contributed by atoms with E-state index in [1.807, 2.05) is 0 Å². The number of ether oxygens (including phenoxy) is 1. The Kier molecular flexibility index (Phi) is 4.16. The number of aliphatic hydroxyl groups excluding tert-OH is 3. The summed E-state index contributed by atoms with van der Waals surface area (Å²) in [6.07, 6.45) is -6.45. The zero-order valence-electron chi connectivity index (χ0n) is 7.92. The predicted molar refractivity (Wildman–Crippen MR) is 48.8 cm³/mol. The summed E-state index contributed by atoms with van der Waals surface area (Å²) < 4.78 is 8.51. The number of esters is 1. The molecule has 1 saturated heterocycles. The first kappa shape index (κ1) is 13.7. The van der Waals surface area contributed by atoms with Gasteiger partial charge in [-0.2, -0.15) is 0 Å². The molecule has 1 heterocycles. The molecule has 0 spiro atoms. The van der Waals surface area contributed by atoms with Gasteiger partial charge in [0.05, 0.1) is 0 Å². The van der Waals surface area contributed by atoms with Crippen LogP contribution >= 0.6 is 8.17 Å². The van der Waals surface area contributed by atoms with E-state index in [4.69, 9.17) is 19.8 Å². The Morgan fingerprint density at radius 3 is 2.31 bits per heavy atom. The second-order valence-electron chi connectivity index (χ2n) is 3.29. The van der Waals surface area contributed by atoms with Crippen molar-refractivity contribution in [2.45, 2.75) is 24.4 Å². The van der Waals surface area contributed by atoms with Crippen LogP contribution in [0.4, 0.5) is 0 Å². The van der Waals surface area contributed by atoms with Crippen LogP contribution in [0.15, 0.2) is 0 Å². The number of hydrogen-bond donors (Lipinski definition) is 6. The first-order valence-electron chi connectivity index (χ1n) is 4.28. The molecule has 1 aliphatic heterocycles. The average Bonchev–Trinajstić information content (AvgIpc) is 2.41. The van der Waals surface area contributed by atoms with Gasteiger partial charge in [-0.15, -0.1) is 0 Å². The van der Waals surface area contributed by atoms with Crippen molar-refractivity contribution in [1.82, 2.24) is 0 Å². The van der Waals surface area contributed by atoms with E-state index in [0.717, 1.165) is 0 Å². The standard InChI is InChI=1S/C6H13O9P/c7-2(1-14-16(11,12)13)5-3(8)4(9)6(10)15-5/h2-5,7-9,11-13,16H,1H2/t2-,3+,4?,5+/m0/s1. The Hall–Kier alpha value is -0.380. The number of carbonyl (C=O) groups excluding carboxylic acids is 1. The van der Waals surface area contributed by atoms with Gasteiger partial charge in [-0.05, 0) is 0 Å². The van der Waals surface area contributed by atoms with Gasteiger partial charge in [-0.25, -0.2) is 0 Å². The molecule has 10 heteroatoms. The fourth-order valence-electron chi connectivity index (χ4n) is 1.19. The van der Waals surface area contributed by atoms with E-state index in [1.54, 1.807) is 0 Å². The summed E-state index contributed by atoms with van der Waals surface area (Å²) in [7, 11) is -4.77. The maximum atomic E-state index is 10.8. The predicted octanol–water partition coefficient (Wildman–Crippen LogP) is -3.60. The van der Waals surface area contributed by atoms with Gasteiger partial charge in [-0.1, -0.05) is 0 Å². The molecule has 1 unspecified atom stereocenters. The molecule has 1 fully saturated rings. The van der Waals surface area contributed by atoms with E-state index in [1.165, 1.54) is 0 Å². The van der Waals surface area contributed by atoms with Gasteiger partial charge in [0.2, 0.25) is 0 Å². The Morgan fingerprint density at radius 1 is 1.38 bits per heavy atom. The minimum absolute atomic E-state index is 0.766. The van der Waals surface area contributed by atoms with Gasteiger partial charge >= 0.3 is 89.2 Å². The Balaban J connectivity index is 2.49. The molecule has 96 valence electrons. The summed E-state index contributed by atoms with van der Waals surface area (Å²) in [6.45, 7) is -0.766. The van der Waals surface area contributed by atoms with Crippen LogP contribution in [0, 0.1) is 0 Å². The molecule has 0 radical (unpaired) electrons. The molecule has 0 amide bonds. The molecule has 0 saturated carbocycles. The van der Waals surface area contributed by atoms with Crippen molar-refractivity contribution < 1.29 is 44.1 Å². The second kappa shape index (κ2) is 4.86. The SMILES string of the molecule is O=C1O[C@H]([C@@H](O)CO[PH](O)(O)O)[C@H](O)C1O. The zero-order valence-corrected chi connectivity index (χ0v) is 8.92. The fourth-order valence-corrected chi connectivity index (χ4v) is 1.59. The molecule has 0 aromatic carbocycles. The van der Waals surface area contributed by atoms with Crippen molar-refractivity contribution in [2.24, 2.45) is 0 Å². The van der Waals surface area contributed by atoms with Crippen molar-refractivity contribution in [3.63, 3.8) is 0 Å². The van der Waals surface area contributed by atoms with Gasteiger partial charge in [0.25, 0.3) is 0 Å². The Labute approximate surface area is 90.1 Å². The number of carbonyl (C=O) groups is 1. The first-order valence-corrected chi connectivity index (χ1v) is 6.03. The molecule has 0 aromatic rings. The van der Waals surface area contributed by atoms with Crippen molar-refractivity contribution in [2.75, 3.05) is 6.61 Å². The summed E-state index contributed by atoms with van der Waals surface area (Å²) in [5.41, 5.74) is 0. The van der Waals surface area contributed by atoms with Gasteiger partial charge < -0.3 is 0 Å². The summed E-state index contributed by atoms with van der Waals surface area (Å²) >= 11 is 0. The first-order chi connectivity index (χ1) is 7.22. The van der Waals surface area contributed by atoms with Crippen LogP contribution in [0.5, 0.6) is 0 Å². The van der Waals surface area contributed by atoms with E-state index < -0.39 is 45.2 Å². The zero-order chi connectivity index (χ0) is 12.5. The van der Waals surface area contributed by atoms with Crippen LogP contribution in [0.25, 0.3) is 0 Å². The number of hydrogen-bond acceptors (Lipinski definition) is 9. The van der Waals surface area contributed by atoms with Crippen molar-refractivity contribution in [3.8, 4) is 0 Å². The van der Waals surface area contributed by atoms with E-state index in [9.17, 15) is 15.0 Å². The third kappa shape index (κ3) is 3.30. The molecule has 6 N–H and O–H groups in total. The third-order valence-corrected chi connectivity index (χ3v) is 2.53. The van der Waals surface area contributed by atoms with Crippen LogP contribution in [0.3, 0.4) is 0 Å². The summed E-state index contributed by atoms with van der Waals surface area (Å²) in [4.78, 5) is 36.2. The topological polar surface area (TPSA) is 157 Å². The molecule has 0 aromatic heterocycles. The second-order valence-corrected chi connectivity index (χ2v) is 4.73. The maximum absolute atomic E-state index is 10.8. The summed E-state index contributed by atoms with van der Waals surface area (Å²) in [5, 5.41) is 27.6. The molecule has 9 nitrogen and oxygen atoms in total. The number of aliphatic hydroxyl groups is 3. The Morgan fingerprint density at radius 2 is 1.94 bits per heavy atom. The fraction of sp³-hybridized carbons (Fsp3) is 0.833. The van der Waals surface area contributed by atoms with Crippen molar-refractivity contribution >= 4 is 14.1 Å². The molecule has 0 bridgehead atoms. The van der Waals surface area contributed by atoms with Crippen LogP contribution in [-0.2, 0) is 14.1 Å². The third-order valence-electron chi connectivity index (χ3n) is 1.98. The van der Waals surface area contributed by atoms with Gasteiger partial charge in [0, 0.05) is 0 Å². The molecule has 4 atom stereocenters. The van der Waals surface area contributed by atoms with E-state index >= 15 is 0 Å². The minimum atomic E-state index is -4.77. The summed E-state index contributed by atoms with van der Waals surface area (Å²) in [5.74, 6) is -1.10. The molecule has 1 aliphatic rings. The Bertz CT molecular complexity index is 263. The molecule has 1 rings (SSSR count). The average molecular weight is 260 g/mol. The molecular formula is C6H13O9P. The van der Waals surface area contributed by atoms with Crippen molar-refractivity contribution in [3.05, 3.63) is 0 Å². The number of cyclic esters (lactones) is 1.